The van der Waals surface area contributed by atoms with Gasteiger partial charge in [0.2, 0.25) is 0 Å². The van der Waals surface area contributed by atoms with Crippen LogP contribution in [0.5, 0.6) is 0 Å². The molecule has 0 radical (unpaired) electrons. The molecular weight excluding hydrogens is 316 g/mol. The van der Waals surface area contributed by atoms with Crippen LogP contribution in [0.1, 0.15) is 21.8 Å². The first-order valence-electron chi connectivity index (χ1n) is 6.47. The Bertz CT molecular complexity index is 885. The monoisotopic (exact) mass is 326 g/mol. The maximum atomic E-state index is 12.6. The lowest BCUT2D eigenvalue weighted by Gasteiger charge is -2.25. The highest BCUT2D eigenvalue weighted by molar-refractivity contribution is 9.09. The van der Waals surface area contributed by atoms with Crippen molar-refractivity contribution < 1.29 is 0 Å². The minimum absolute atomic E-state index is 0.0320. The Hall–Kier alpha value is -1.94. The molecule has 3 nitrogen and oxygen atoms in total. The van der Waals surface area contributed by atoms with Crippen LogP contribution >= 0.6 is 15.9 Å². The largest absolute Gasteiger partial charge is 0.290 e. The molecule has 3 aromatic rings. The lowest BCUT2D eigenvalue weighted by Crippen LogP contribution is -2.30. The number of nitrogens with zero attached hydrogens (tertiary/aromatic N) is 2. The van der Waals surface area contributed by atoms with Gasteiger partial charge in [0.15, 0.2) is 0 Å². The molecule has 2 heterocycles. The van der Waals surface area contributed by atoms with Crippen LogP contribution in [0.25, 0.3) is 10.9 Å². The zero-order chi connectivity index (χ0) is 13.7. The van der Waals surface area contributed by atoms with Crippen molar-refractivity contribution in [2.24, 2.45) is 0 Å². The fourth-order valence-corrected chi connectivity index (χ4v) is 3.56. The highest BCUT2D eigenvalue weighted by atomic mass is 79.9. The number of aromatic nitrogens is 2. The summed E-state index contributed by atoms with van der Waals surface area (Å²) in [7, 11) is 0. The number of fused-ring (bicyclic) bond motifs is 3. The van der Waals surface area contributed by atoms with Crippen molar-refractivity contribution in [3.8, 4) is 0 Å². The summed E-state index contributed by atoms with van der Waals surface area (Å²) in [5.74, 6) is 0.785. The maximum Gasteiger partial charge on any atom is 0.261 e. The van der Waals surface area contributed by atoms with Gasteiger partial charge in [-0.3, -0.25) is 9.36 Å². The first-order chi connectivity index (χ1) is 9.75. The Morgan fingerprint density at radius 3 is 2.75 bits per heavy atom. The fraction of sp³-hybridized carbons (Fsp3) is 0.125. The van der Waals surface area contributed by atoms with Gasteiger partial charge in [-0.25, -0.2) is 4.98 Å². The lowest BCUT2D eigenvalue weighted by atomic mass is 10.0. The minimum atomic E-state index is -0.0373. The van der Waals surface area contributed by atoms with E-state index < -0.39 is 0 Å². The maximum absolute atomic E-state index is 12.6. The van der Waals surface area contributed by atoms with E-state index in [1.165, 1.54) is 11.1 Å². The molecule has 0 aliphatic carbocycles. The van der Waals surface area contributed by atoms with Crippen LogP contribution in [-0.4, -0.2) is 9.55 Å². The summed E-state index contributed by atoms with van der Waals surface area (Å²) in [6.07, 6.45) is 0. The van der Waals surface area contributed by atoms with Gasteiger partial charge in [0, 0.05) is 0 Å². The Balaban J connectivity index is 2.06. The van der Waals surface area contributed by atoms with E-state index in [0.29, 0.717) is 11.9 Å². The number of alkyl halides is 1. The predicted molar refractivity (Wildman–Crippen MR) is 82.3 cm³/mol. The van der Waals surface area contributed by atoms with Gasteiger partial charge in [0.25, 0.3) is 5.56 Å². The zero-order valence-corrected chi connectivity index (χ0v) is 12.2. The number of halogens is 1. The molecule has 98 valence electrons. The van der Waals surface area contributed by atoms with E-state index in [1.54, 1.807) is 4.57 Å². The number of para-hydroxylation sites is 1. The van der Waals surface area contributed by atoms with Gasteiger partial charge >= 0.3 is 0 Å². The zero-order valence-electron chi connectivity index (χ0n) is 10.6. The highest BCUT2D eigenvalue weighted by Crippen LogP contribution is 2.35. The van der Waals surface area contributed by atoms with Crippen molar-refractivity contribution in [1.29, 1.82) is 0 Å². The topological polar surface area (TPSA) is 34.9 Å². The number of hydrogen-bond acceptors (Lipinski definition) is 2. The van der Waals surface area contributed by atoms with Gasteiger partial charge in [-0.15, -0.1) is 0 Å². The van der Waals surface area contributed by atoms with Crippen molar-refractivity contribution in [3.05, 3.63) is 75.8 Å². The number of benzene rings is 2. The fourth-order valence-electron chi connectivity index (χ4n) is 2.77. The van der Waals surface area contributed by atoms with Crippen molar-refractivity contribution in [3.63, 3.8) is 0 Å². The molecule has 1 unspecified atom stereocenters. The van der Waals surface area contributed by atoms with Crippen LogP contribution in [0.15, 0.2) is 53.3 Å². The third-order valence-electron chi connectivity index (χ3n) is 3.77. The standard InChI is InChI=1S/C16H11BrN2O/c17-14-11-6-2-1-5-10(11)9-19-15(14)18-13-8-4-3-7-12(13)16(19)20/h1-8,14H,9H2. The van der Waals surface area contributed by atoms with Crippen LogP contribution < -0.4 is 5.56 Å². The summed E-state index contributed by atoms with van der Waals surface area (Å²) in [4.78, 5) is 17.3. The molecule has 1 aromatic heterocycles. The summed E-state index contributed by atoms with van der Waals surface area (Å²) < 4.78 is 1.77. The molecule has 2 aromatic carbocycles. The Kier molecular flexibility index (Phi) is 2.54. The van der Waals surface area contributed by atoms with E-state index in [9.17, 15) is 4.79 Å². The molecule has 0 N–H and O–H groups in total. The molecule has 20 heavy (non-hydrogen) atoms. The molecule has 0 fully saturated rings. The molecule has 0 spiro atoms. The predicted octanol–water partition coefficient (Wildman–Crippen LogP) is 3.24. The van der Waals surface area contributed by atoms with Crippen LogP contribution in [0.3, 0.4) is 0 Å². The van der Waals surface area contributed by atoms with E-state index in [0.717, 1.165) is 11.3 Å². The minimum Gasteiger partial charge on any atom is -0.290 e. The Morgan fingerprint density at radius 2 is 1.85 bits per heavy atom. The quantitative estimate of drug-likeness (QED) is 0.594. The van der Waals surface area contributed by atoms with Crippen molar-refractivity contribution in [1.82, 2.24) is 9.55 Å². The normalized spacial score (nSPS) is 16.8. The molecule has 0 bridgehead atoms. The van der Waals surface area contributed by atoms with Gasteiger partial charge < -0.3 is 0 Å². The lowest BCUT2D eigenvalue weighted by molar-refractivity contribution is 0.657. The number of hydrogen-bond donors (Lipinski definition) is 0. The van der Waals surface area contributed by atoms with Crippen LogP contribution in [0.4, 0.5) is 0 Å². The molecule has 1 aliphatic rings. The smallest absolute Gasteiger partial charge is 0.261 e. The van der Waals surface area contributed by atoms with E-state index in [-0.39, 0.29) is 10.4 Å². The summed E-state index contributed by atoms with van der Waals surface area (Å²) in [5, 5.41) is 0.676. The van der Waals surface area contributed by atoms with Gasteiger partial charge in [0.1, 0.15) is 5.82 Å². The molecule has 4 rings (SSSR count). The van der Waals surface area contributed by atoms with E-state index in [1.807, 2.05) is 36.4 Å². The first kappa shape index (κ1) is 11.9. The molecule has 0 amide bonds. The van der Waals surface area contributed by atoms with E-state index in [4.69, 9.17) is 0 Å². The Labute approximate surface area is 124 Å². The molecule has 1 atom stereocenters. The van der Waals surface area contributed by atoms with Crippen molar-refractivity contribution in [2.75, 3.05) is 0 Å². The van der Waals surface area contributed by atoms with Crippen molar-refractivity contribution >= 4 is 26.8 Å². The van der Waals surface area contributed by atoms with E-state index in [2.05, 4.69) is 33.0 Å². The van der Waals surface area contributed by atoms with Gasteiger partial charge in [-0.05, 0) is 23.3 Å². The molecule has 4 heteroatoms. The molecule has 1 aliphatic heterocycles. The molecule has 0 saturated heterocycles. The Morgan fingerprint density at radius 1 is 1.10 bits per heavy atom. The second kappa shape index (κ2) is 4.28. The second-order valence-corrected chi connectivity index (χ2v) is 5.86. The average Bonchev–Trinajstić information content (AvgIpc) is 2.49. The van der Waals surface area contributed by atoms with Crippen molar-refractivity contribution in [2.45, 2.75) is 11.4 Å². The first-order valence-corrected chi connectivity index (χ1v) is 7.38. The summed E-state index contributed by atoms with van der Waals surface area (Å²) in [6.45, 7) is 0.588. The third kappa shape index (κ3) is 1.58. The number of rotatable bonds is 0. The van der Waals surface area contributed by atoms with E-state index >= 15 is 0 Å². The summed E-state index contributed by atoms with van der Waals surface area (Å²) in [6, 6.07) is 15.7. The van der Waals surface area contributed by atoms with Gasteiger partial charge in [-0.2, -0.15) is 0 Å². The summed E-state index contributed by atoms with van der Waals surface area (Å²) >= 11 is 3.68. The molecular formula is C16H11BrN2O. The third-order valence-corrected chi connectivity index (χ3v) is 4.68. The van der Waals surface area contributed by atoms with Gasteiger partial charge in [0.05, 0.1) is 22.3 Å². The highest BCUT2D eigenvalue weighted by Gasteiger charge is 2.26. The molecule has 0 saturated carbocycles. The SMILES string of the molecule is O=c1c2ccccc2nc2n1Cc1ccccc1C2Br. The summed E-state index contributed by atoms with van der Waals surface area (Å²) in [5.41, 5.74) is 3.15. The van der Waals surface area contributed by atoms with Crippen LogP contribution in [-0.2, 0) is 6.54 Å². The van der Waals surface area contributed by atoms with Crippen LogP contribution in [0.2, 0.25) is 0 Å². The van der Waals surface area contributed by atoms with Crippen LogP contribution in [0, 0.1) is 0 Å². The van der Waals surface area contributed by atoms with Gasteiger partial charge in [-0.1, -0.05) is 52.3 Å². The average molecular weight is 327 g/mol. The second-order valence-electron chi connectivity index (χ2n) is 4.94.